The van der Waals surface area contributed by atoms with Crippen LogP contribution in [0.3, 0.4) is 0 Å². The van der Waals surface area contributed by atoms with Gasteiger partial charge in [-0.1, -0.05) is 0 Å². The topological polar surface area (TPSA) is 75.7 Å². The van der Waals surface area contributed by atoms with Gasteiger partial charge in [-0.05, 0) is 38.5 Å². The molecule has 1 amide bonds. The lowest BCUT2D eigenvalue weighted by atomic mass is 10.2. The second-order valence-electron chi connectivity index (χ2n) is 4.99. The Morgan fingerprint density at radius 1 is 1.50 bits per heavy atom. The van der Waals surface area contributed by atoms with Gasteiger partial charge in [-0.3, -0.25) is 9.10 Å². The van der Waals surface area contributed by atoms with Gasteiger partial charge in [0.1, 0.15) is 11.9 Å². The number of rotatable bonds is 5. The second kappa shape index (κ2) is 6.62. The van der Waals surface area contributed by atoms with E-state index in [0.29, 0.717) is 25.3 Å². The molecule has 0 radical (unpaired) electrons. The van der Waals surface area contributed by atoms with Crippen molar-refractivity contribution in [3.8, 4) is 0 Å². The number of hydrogen-bond donors (Lipinski definition) is 1. The number of ether oxygens (including phenoxy) is 1. The summed E-state index contributed by atoms with van der Waals surface area (Å²) >= 11 is 0. The predicted octanol–water partition coefficient (Wildman–Crippen LogP) is 1.73. The minimum Gasteiger partial charge on any atom is -0.369 e. The van der Waals surface area contributed by atoms with E-state index in [-0.39, 0.29) is 11.4 Å². The smallest absolute Gasteiger partial charge is 0.253 e. The normalized spacial score (nSPS) is 18.2. The highest BCUT2D eigenvalue weighted by Crippen LogP contribution is 2.28. The number of sulfonamides is 1. The molecule has 122 valence electrons. The number of benzene rings is 1. The van der Waals surface area contributed by atoms with Crippen LogP contribution in [-0.2, 0) is 19.6 Å². The Bertz CT molecular complexity index is 663. The van der Waals surface area contributed by atoms with E-state index in [1.54, 1.807) is 13.8 Å². The molecule has 8 heteroatoms. The van der Waals surface area contributed by atoms with Crippen LogP contribution in [0.25, 0.3) is 0 Å². The van der Waals surface area contributed by atoms with Gasteiger partial charge in [0.25, 0.3) is 5.91 Å². The molecule has 1 heterocycles. The molecule has 1 aliphatic rings. The van der Waals surface area contributed by atoms with Crippen molar-refractivity contribution in [2.75, 3.05) is 28.5 Å². The largest absolute Gasteiger partial charge is 0.369 e. The van der Waals surface area contributed by atoms with Crippen LogP contribution in [0.15, 0.2) is 18.2 Å². The molecule has 1 aromatic carbocycles. The van der Waals surface area contributed by atoms with E-state index in [2.05, 4.69) is 5.32 Å². The lowest BCUT2D eigenvalue weighted by Crippen LogP contribution is -2.28. The minimum atomic E-state index is -3.35. The molecule has 1 fully saturated rings. The molecule has 1 aromatic rings. The maximum Gasteiger partial charge on any atom is 0.253 e. The van der Waals surface area contributed by atoms with Gasteiger partial charge in [0.05, 0.1) is 17.1 Å². The van der Waals surface area contributed by atoms with Crippen molar-refractivity contribution in [3.63, 3.8) is 0 Å². The fourth-order valence-corrected chi connectivity index (χ4v) is 3.81. The van der Waals surface area contributed by atoms with Crippen LogP contribution in [0.4, 0.5) is 15.8 Å². The monoisotopic (exact) mass is 330 g/mol. The Morgan fingerprint density at radius 2 is 2.23 bits per heavy atom. The van der Waals surface area contributed by atoms with Gasteiger partial charge >= 0.3 is 0 Å². The second-order valence-corrected chi connectivity index (χ2v) is 7.01. The summed E-state index contributed by atoms with van der Waals surface area (Å²) in [6.45, 7) is 4.04. The first-order valence-electron chi connectivity index (χ1n) is 7.07. The van der Waals surface area contributed by atoms with Crippen LogP contribution in [-0.4, -0.2) is 39.3 Å². The molecule has 22 heavy (non-hydrogen) atoms. The van der Waals surface area contributed by atoms with Crippen LogP contribution in [0.2, 0.25) is 0 Å². The van der Waals surface area contributed by atoms with Crippen LogP contribution in [0, 0.1) is 5.82 Å². The van der Waals surface area contributed by atoms with Crippen LogP contribution < -0.4 is 9.62 Å². The van der Waals surface area contributed by atoms with E-state index in [0.717, 1.165) is 6.07 Å². The van der Waals surface area contributed by atoms with E-state index in [1.165, 1.54) is 16.4 Å². The van der Waals surface area contributed by atoms with Gasteiger partial charge in [-0.25, -0.2) is 12.8 Å². The van der Waals surface area contributed by atoms with Gasteiger partial charge in [0.2, 0.25) is 10.0 Å². The molecule has 2 rings (SSSR count). The summed E-state index contributed by atoms with van der Waals surface area (Å²) in [5.74, 6) is -1.03. The first kappa shape index (κ1) is 16.7. The number of carbonyl (C=O) groups excluding carboxylic acids is 1. The molecule has 1 N–H and O–H groups in total. The van der Waals surface area contributed by atoms with Gasteiger partial charge in [0.15, 0.2) is 0 Å². The molecule has 1 saturated heterocycles. The number of halogens is 1. The van der Waals surface area contributed by atoms with E-state index in [9.17, 15) is 17.6 Å². The van der Waals surface area contributed by atoms with Crippen molar-refractivity contribution >= 4 is 27.3 Å². The number of carbonyl (C=O) groups is 1. The van der Waals surface area contributed by atoms with Gasteiger partial charge < -0.3 is 10.1 Å². The van der Waals surface area contributed by atoms with Crippen molar-refractivity contribution in [1.82, 2.24) is 0 Å². The highest BCUT2D eigenvalue weighted by molar-refractivity contribution is 7.93. The summed E-state index contributed by atoms with van der Waals surface area (Å²) < 4.78 is 44.0. The molecular formula is C14H19FN2O4S. The fraction of sp³-hybridized carbons (Fsp3) is 0.500. The third kappa shape index (κ3) is 3.56. The summed E-state index contributed by atoms with van der Waals surface area (Å²) in [7, 11) is -3.35. The maximum absolute atomic E-state index is 13.8. The number of hydrogen-bond acceptors (Lipinski definition) is 4. The average molecular weight is 330 g/mol. The van der Waals surface area contributed by atoms with Gasteiger partial charge in [0, 0.05) is 13.2 Å². The van der Waals surface area contributed by atoms with Crippen LogP contribution >= 0.6 is 0 Å². The molecule has 0 bridgehead atoms. The molecular weight excluding hydrogens is 311 g/mol. The summed E-state index contributed by atoms with van der Waals surface area (Å²) in [6.07, 6.45) is -0.188. The predicted molar refractivity (Wildman–Crippen MR) is 81.9 cm³/mol. The van der Waals surface area contributed by atoms with Crippen molar-refractivity contribution in [1.29, 1.82) is 0 Å². The quantitative estimate of drug-likeness (QED) is 0.892. The first-order valence-corrected chi connectivity index (χ1v) is 8.68. The Labute approximate surface area is 129 Å². The van der Waals surface area contributed by atoms with Crippen LogP contribution in [0.1, 0.15) is 20.3 Å². The fourth-order valence-electron chi connectivity index (χ4n) is 2.25. The lowest BCUT2D eigenvalue weighted by Gasteiger charge is -2.19. The Kier molecular flexibility index (Phi) is 5.02. The number of nitrogens with one attached hydrogen (secondary N) is 1. The van der Waals surface area contributed by atoms with E-state index in [1.807, 2.05) is 0 Å². The molecule has 0 spiro atoms. The van der Waals surface area contributed by atoms with Crippen LogP contribution in [0.5, 0.6) is 0 Å². The van der Waals surface area contributed by atoms with E-state index >= 15 is 0 Å². The van der Waals surface area contributed by atoms with Gasteiger partial charge in [-0.2, -0.15) is 0 Å². The van der Waals surface area contributed by atoms with E-state index in [4.69, 9.17) is 4.74 Å². The highest BCUT2D eigenvalue weighted by Gasteiger charge is 2.29. The third-order valence-electron chi connectivity index (χ3n) is 3.38. The average Bonchev–Trinajstić information content (AvgIpc) is 2.81. The summed E-state index contributed by atoms with van der Waals surface area (Å²) in [6, 6.07) is 3.86. The molecule has 0 aliphatic carbocycles. The minimum absolute atomic E-state index is 0.0591. The molecule has 0 aromatic heterocycles. The standard InChI is InChI=1S/C14H19FN2O4S/c1-3-21-10(2)14(18)16-13-9-11(5-6-12(13)15)17-7-4-8-22(17,19)20/h5-6,9-10H,3-4,7-8H2,1-2H3,(H,16,18)/t10-/m0/s1. The van der Waals surface area contributed by atoms with Crippen molar-refractivity contribution in [2.24, 2.45) is 0 Å². The number of amides is 1. The summed E-state index contributed by atoms with van der Waals surface area (Å²) in [4.78, 5) is 11.9. The number of nitrogens with zero attached hydrogens (tertiary/aromatic N) is 1. The van der Waals surface area contributed by atoms with E-state index < -0.39 is 27.9 Å². The molecule has 6 nitrogen and oxygen atoms in total. The lowest BCUT2D eigenvalue weighted by molar-refractivity contribution is -0.126. The SMILES string of the molecule is CCO[C@@H](C)C(=O)Nc1cc(N2CCCS2(=O)=O)ccc1F. The Hall–Kier alpha value is -1.67. The Morgan fingerprint density at radius 3 is 2.82 bits per heavy atom. The van der Waals surface area contributed by atoms with Gasteiger partial charge in [-0.15, -0.1) is 0 Å². The molecule has 0 saturated carbocycles. The van der Waals surface area contributed by atoms with Crippen molar-refractivity contribution in [3.05, 3.63) is 24.0 Å². The zero-order chi connectivity index (χ0) is 16.3. The zero-order valence-corrected chi connectivity index (χ0v) is 13.3. The maximum atomic E-state index is 13.8. The van der Waals surface area contributed by atoms with Crippen molar-refractivity contribution in [2.45, 2.75) is 26.4 Å². The van der Waals surface area contributed by atoms with Crippen molar-refractivity contribution < 1.29 is 22.3 Å². The zero-order valence-electron chi connectivity index (χ0n) is 12.5. The summed E-state index contributed by atoms with van der Waals surface area (Å²) in [5.41, 5.74) is 0.286. The molecule has 0 unspecified atom stereocenters. The third-order valence-corrected chi connectivity index (χ3v) is 5.25. The Balaban J connectivity index is 2.22. The number of anilines is 2. The molecule has 1 atom stereocenters. The molecule has 1 aliphatic heterocycles. The summed E-state index contributed by atoms with van der Waals surface area (Å²) in [5, 5.41) is 2.43. The first-order chi connectivity index (χ1) is 10.3. The highest BCUT2D eigenvalue weighted by atomic mass is 32.2.